The van der Waals surface area contributed by atoms with Crippen LogP contribution in [0, 0.1) is 0 Å². The van der Waals surface area contributed by atoms with E-state index in [1.165, 1.54) is 30.6 Å². The molecule has 1 aromatic heterocycles. The van der Waals surface area contributed by atoms with Gasteiger partial charge < -0.3 is 4.74 Å². The lowest BCUT2D eigenvalue weighted by molar-refractivity contribution is -0.139. The van der Waals surface area contributed by atoms with E-state index in [1.54, 1.807) is 12.1 Å². The molecule has 21 heavy (non-hydrogen) atoms. The molecule has 1 N–H and O–H groups in total. The van der Waals surface area contributed by atoms with Crippen LogP contribution in [0.1, 0.15) is 10.4 Å². The number of rotatable bonds is 6. The lowest BCUT2D eigenvalue weighted by Crippen LogP contribution is -2.22. The predicted octanol–water partition coefficient (Wildman–Crippen LogP) is 1.94. The molecule has 0 aliphatic rings. The van der Waals surface area contributed by atoms with Crippen LogP contribution < -0.4 is 4.72 Å². The van der Waals surface area contributed by atoms with Crippen LogP contribution in [0.3, 0.4) is 0 Å². The Morgan fingerprint density at radius 3 is 2.52 bits per heavy atom. The molecule has 2 rings (SSSR count). The van der Waals surface area contributed by atoms with Gasteiger partial charge in [-0.05, 0) is 29.1 Å². The molecule has 0 radical (unpaired) electrons. The normalized spacial score (nSPS) is 11.3. The maximum Gasteiger partial charge on any atom is 0.309 e. The summed E-state index contributed by atoms with van der Waals surface area (Å²) in [6.07, 6.45) is 0.124. The van der Waals surface area contributed by atoms with E-state index >= 15 is 0 Å². The molecule has 7 heteroatoms. The highest BCUT2D eigenvalue weighted by atomic mass is 32.2. The first-order valence-corrected chi connectivity index (χ1v) is 8.55. The number of hydrogen-bond donors (Lipinski definition) is 1. The molecule has 0 atom stereocenters. The maximum atomic E-state index is 12.1. The number of esters is 1. The maximum absolute atomic E-state index is 12.1. The van der Waals surface area contributed by atoms with Gasteiger partial charge in [0, 0.05) is 11.4 Å². The van der Waals surface area contributed by atoms with Gasteiger partial charge >= 0.3 is 5.97 Å². The average molecular weight is 325 g/mol. The monoisotopic (exact) mass is 325 g/mol. The van der Waals surface area contributed by atoms with Crippen molar-refractivity contribution in [2.75, 3.05) is 7.11 Å². The number of hydrogen-bond acceptors (Lipinski definition) is 5. The lowest BCUT2D eigenvalue weighted by atomic mass is 10.2. The van der Waals surface area contributed by atoms with E-state index in [0.29, 0.717) is 5.56 Å². The number of sulfonamides is 1. The standard InChI is InChI=1S/C14H15NO4S2/c1-19-14(16)9-11-4-6-13(7-5-11)21(17,18)15-10-12-3-2-8-20-12/h2-8,15H,9-10H2,1H3. The quantitative estimate of drug-likeness (QED) is 0.824. The van der Waals surface area contributed by atoms with Crippen molar-refractivity contribution >= 4 is 27.3 Å². The SMILES string of the molecule is COC(=O)Cc1ccc(S(=O)(=O)NCc2cccs2)cc1. The van der Waals surface area contributed by atoms with Gasteiger partial charge in [0.1, 0.15) is 0 Å². The Morgan fingerprint density at radius 1 is 1.24 bits per heavy atom. The van der Waals surface area contributed by atoms with E-state index in [1.807, 2.05) is 17.5 Å². The van der Waals surface area contributed by atoms with Gasteiger partial charge in [0.2, 0.25) is 10.0 Å². The van der Waals surface area contributed by atoms with E-state index in [-0.39, 0.29) is 23.8 Å². The van der Waals surface area contributed by atoms with E-state index in [0.717, 1.165) is 4.88 Å². The zero-order valence-corrected chi connectivity index (χ0v) is 13.0. The third-order valence-corrected chi connectivity index (χ3v) is 5.12. The summed E-state index contributed by atoms with van der Waals surface area (Å²) in [6.45, 7) is 0.268. The molecule has 0 saturated heterocycles. The van der Waals surface area contributed by atoms with Crippen molar-refractivity contribution in [1.29, 1.82) is 0 Å². The molecular formula is C14H15NO4S2. The first kappa shape index (κ1) is 15.7. The van der Waals surface area contributed by atoms with Crippen LogP contribution in [-0.2, 0) is 32.5 Å². The minimum absolute atomic E-state index is 0.124. The summed E-state index contributed by atoms with van der Waals surface area (Å²) in [6, 6.07) is 9.92. The van der Waals surface area contributed by atoms with Crippen LogP contribution in [0.15, 0.2) is 46.7 Å². The minimum atomic E-state index is -3.55. The Kier molecular flexibility index (Phi) is 5.11. The summed E-state index contributed by atoms with van der Waals surface area (Å²) in [5, 5.41) is 1.89. The number of nitrogens with one attached hydrogen (secondary N) is 1. The molecule has 0 unspecified atom stereocenters. The Balaban J connectivity index is 2.04. The molecule has 0 bridgehead atoms. The van der Waals surface area contributed by atoms with Gasteiger partial charge in [-0.1, -0.05) is 18.2 Å². The number of benzene rings is 1. The molecule has 0 aliphatic heterocycles. The van der Waals surface area contributed by atoms with Crippen molar-refractivity contribution < 1.29 is 17.9 Å². The highest BCUT2D eigenvalue weighted by Gasteiger charge is 2.14. The smallest absolute Gasteiger partial charge is 0.309 e. The summed E-state index contributed by atoms with van der Waals surface area (Å²) in [4.78, 5) is 12.3. The summed E-state index contributed by atoms with van der Waals surface area (Å²) in [5.41, 5.74) is 0.707. The van der Waals surface area contributed by atoms with Gasteiger partial charge in [-0.25, -0.2) is 13.1 Å². The second kappa shape index (κ2) is 6.84. The highest BCUT2D eigenvalue weighted by Crippen LogP contribution is 2.13. The molecule has 0 amide bonds. The van der Waals surface area contributed by atoms with Gasteiger partial charge in [0.05, 0.1) is 18.4 Å². The molecule has 1 heterocycles. The fraction of sp³-hybridized carbons (Fsp3) is 0.214. The third kappa shape index (κ3) is 4.38. The van der Waals surface area contributed by atoms with Crippen molar-refractivity contribution in [1.82, 2.24) is 4.72 Å². The average Bonchev–Trinajstić information content (AvgIpc) is 2.99. The van der Waals surface area contributed by atoms with Crippen molar-refractivity contribution in [2.45, 2.75) is 17.9 Å². The topological polar surface area (TPSA) is 72.5 Å². The third-order valence-electron chi connectivity index (χ3n) is 2.83. The lowest BCUT2D eigenvalue weighted by Gasteiger charge is -2.06. The molecule has 5 nitrogen and oxygen atoms in total. The van der Waals surface area contributed by atoms with Crippen LogP contribution in [0.5, 0.6) is 0 Å². The van der Waals surface area contributed by atoms with E-state index in [4.69, 9.17) is 0 Å². The van der Waals surface area contributed by atoms with Crippen LogP contribution in [0.25, 0.3) is 0 Å². The van der Waals surface area contributed by atoms with E-state index in [2.05, 4.69) is 9.46 Å². The van der Waals surface area contributed by atoms with Gasteiger partial charge in [-0.15, -0.1) is 11.3 Å². The van der Waals surface area contributed by atoms with E-state index < -0.39 is 10.0 Å². The van der Waals surface area contributed by atoms with Crippen molar-refractivity contribution in [3.05, 3.63) is 52.2 Å². The largest absolute Gasteiger partial charge is 0.469 e. The summed E-state index contributed by atoms with van der Waals surface area (Å²) in [7, 11) is -2.23. The van der Waals surface area contributed by atoms with Gasteiger partial charge in [-0.2, -0.15) is 0 Å². The highest BCUT2D eigenvalue weighted by molar-refractivity contribution is 7.89. The minimum Gasteiger partial charge on any atom is -0.469 e. The van der Waals surface area contributed by atoms with Crippen LogP contribution >= 0.6 is 11.3 Å². The molecule has 112 valence electrons. The van der Waals surface area contributed by atoms with Gasteiger partial charge in [0.25, 0.3) is 0 Å². The summed E-state index contributed by atoms with van der Waals surface area (Å²) >= 11 is 1.49. The number of carbonyl (C=O) groups is 1. The number of thiophene rings is 1. The molecule has 0 aliphatic carbocycles. The Hall–Kier alpha value is -1.70. The predicted molar refractivity (Wildman–Crippen MR) is 80.5 cm³/mol. The fourth-order valence-corrected chi connectivity index (χ4v) is 3.43. The van der Waals surface area contributed by atoms with Crippen molar-refractivity contribution in [2.24, 2.45) is 0 Å². The van der Waals surface area contributed by atoms with Crippen molar-refractivity contribution in [3.8, 4) is 0 Å². The van der Waals surface area contributed by atoms with Crippen molar-refractivity contribution in [3.63, 3.8) is 0 Å². The van der Waals surface area contributed by atoms with Crippen LogP contribution in [0.4, 0.5) is 0 Å². The zero-order valence-electron chi connectivity index (χ0n) is 11.4. The van der Waals surface area contributed by atoms with E-state index in [9.17, 15) is 13.2 Å². The molecular weight excluding hydrogens is 310 g/mol. The molecule has 0 spiro atoms. The number of methoxy groups -OCH3 is 1. The van der Waals surface area contributed by atoms with Gasteiger partial charge in [0.15, 0.2) is 0 Å². The number of ether oxygens (including phenoxy) is 1. The summed E-state index contributed by atoms with van der Waals surface area (Å²) in [5.74, 6) is -0.360. The molecule has 0 saturated carbocycles. The Labute approximate surface area is 127 Å². The van der Waals surface area contributed by atoms with Crippen LogP contribution in [-0.4, -0.2) is 21.5 Å². The number of carbonyl (C=O) groups excluding carboxylic acids is 1. The first-order chi connectivity index (χ1) is 10.0. The molecule has 0 fully saturated rings. The Bertz CT molecular complexity index is 691. The van der Waals surface area contributed by atoms with Gasteiger partial charge in [-0.3, -0.25) is 4.79 Å². The molecule has 1 aromatic carbocycles. The van der Waals surface area contributed by atoms with Crippen LogP contribution in [0.2, 0.25) is 0 Å². The first-order valence-electron chi connectivity index (χ1n) is 6.19. The Morgan fingerprint density at radius 2 is 1.95 bits per heavy atom. The summed E-state index contributed by atoms with van der Waals surface area (Å²) < 4.78 is 31.3. The fourth-order valence-electron chi connectivity index (χ4n) is 1.69. The second-order valence-corrected chi connectivity index (χ2v) is 7.10. The zero-order chi connectivity index (χ0) is 15.3. The second-order valence-electron chi connectivity index (χ2n) is 4.30. The molecule has 2 aromatic rings.